The molecule has 0 aliphatic heterocycles. The smallest absolute Gasteiger partial charge is 0.364 e. The zero-order valence-corrected chi connectivity index (χ0v) is 18.8. The Kier molecular flexibility index (Phi) is 6.50. The average molecular weight is 495 g/mol. The first kappa shape index (κ1) is 23.3. The number of alkyl halides is 3. The molecule has 0 aliphatic carbocycles. The predicted octanol–water partition coefficient (Wildman–Crippen LogP) is 4.80. The lowest BCUT2D eigenvalue weighted by atomic mass is 10.2. The van der Waals surface area contributed by atoms with E-state index in [1.54, 1.807) is 13.8 Å². The lowest BCUT2D eigenvalue weighted by Crippen LogP contribution is -2.42. The molecule has 0 atom stereocenters. The number of rotatable bonds is 6. The fourth-order valence-corrected chi connectivity index (χ4v) is 3.80. The quantitative estimate of drug-likeness (QED) is 0.460. The molecule has 0 saturated carbocycles. The topological polar surface area (TPSA) is 79.3 Å². The Hall–Kier alpha value is -2.36. The summed E-state index contributed by atoms with van der Waals surface area (Å²) in [5.41, 5.74) is -1.79. The molecule has 3 rings (SSSR count). The van der Waals surface area contributed by atoms with Crippen molar-refractivity contribution in [2.24, 2.45) is 0 Å². The van der Waals surface area contributed by atoms with E-state index >= 15 is 0 Å². The second kappa shape index (κ2) is 8.64. The van der Waals surface area contributed by atoms with Crippen LogP contribution >= 0.6 is 34.8 Å². The Morgan fingerprint density at radius 1 is 1.23 bits per heavy atom. The summed E-state index contributed by atoms with van der Waals surface area (Å²) in [7, 11) is 0. The highest BCUT2D eigenvalue weighted by Crippen LogP contribution is 2.35. The zero-order chi connectivity index (χ0) is 23.1. The number of aromatic nitrogens is 3. The maximum atomic E-state index is 13.8. The molecule has 0 aliphatic rings. The Morgan fingerprint density at radius 3 is 2.42 bits per heavy atom. The van der Waals surface area contributed by atoms with Crippen molar-refractivity contribution < 1.29 is 18.0 Å². The molecule has 12 heteroatoms. The van der Waals surface area contributed by atoms with Crippen LogP contribution in [-0.2, 0) is 18.5 Å². The fourth-order valence-electron chi connectivity index (χ4n) is 3.02. The summed E-state index contributed by atoms with van der Waals surface area (Å²) in [6.45, 7) is 4.89. The predicted molar refractivity (Wildman–Crippen MR) is 112 cm³/mol. The van der Waals surface area contributed by atoms with Crippen LogP contribution in [0.3, 0.4) is 0 Å². The van der Waals surface area contributed by atoms with E-state index in [1.807, 2.05) is 0 Å². The van der Waals surface area contributed by atoms with Gasteiger partial charge in [0.2, 0.25) is 0 Å². The molecular weight excluding hydrogens is 479 g/mol. The van der Waals surface area contributed by atoms with E-state index in [2.05, 4.69) is 5.16 Å². The second-order valence-corrected chi connectivity index (χ2v) is 7.79. The maximum absolute atomic E-state index is 13.8. The Bertz CT molecular complexity index is 1240. The highest BCUT2D eigenvalue weighted by Gasteiger charge is 2.37. The molecule has 0 fully saturated rings. The highest BCUT2D eigenvalue weighted by atomic mass is 35.5. The molecule has 2 heterocycles. The van der Waals surface area contributed by atoms with E-state index in [0.29, 0.717) is 20.6 Å². The molecule has 3 aromatic rings. The van der Waals surface area contributed by atoms with Crippen LogP contribution in [0.1, 0.15) is 29.6 Å². The van der Waals surface area contributed by atoms with E-state index in [1.165, 1.54) is 25.1 Å². The third-order valence-corrected chi connectivity index (χ3v) is 5.42. The van der Waals surface area contributed by atoms with Crippen LogP contribution in [0, 0.1) is 13.8 Å². The van der Waals surface area contributed by atoms with Crippen LogP contribution in [0.15, 0.2) is 32.3 Å². The van der Waals surface area contributed by atoms with Crippen LogP contribution < -0.4 is 16.0 Å². The molecule has 31 heavy (non-hydrogen) atoms. The lowest BCUT2D eigenvalue weighted by Gasteiger charge is -2.19. The van der Waals surface area contributed by atoms with Crippen LogP contribution in [-0.4, -0.2) is 14.3 Å². The molecule has 166 valence electrons. The van der Waals surface area contributed by atoms with Crippen molar-refractivity contribution in [1.82, 2.24) is 14.3 Å². The molecule has 1 aromatic carbocycles. The molecule has 0 spiro atoms. The molecule has 0 N–H and O–H groups in total. The number of benzene rings is 1. The summed E-state index contributed by atoms with van der Waals surface area (Å²) in [6.07, 6.45) is 0. The number of halogens is 5. The first-order valence-electron chi connectivity index (χ1n) is 8.94. The van der Waals surface area contributed by atoms with E-state index in [4.69, 9.17) is 44.1 Å². The first-order valence-corrected chi connectivity index (χ1v) is 10.1. The summed E-state index contributed by atoms with van der Waals surface area (Å²) in [5, 5.41) is -0.947. The monoisotopic (exact) mass is 493 g/mol. The van der Waals surface area contributed by atoms with Gasteiger partial charge in [-0.3, -0.25) is 9.36 Å². The van der Waals surface area contributed by atoms with E-state index in [0.717, 1.165) is 5.56 Å². The van der Waals surface area contributed by atoms with Crippen molar-refractivity contribution in [3.05, 3.63) is 71.8 Å². The van der Waals surface area contributed by atoms with E-state index < -0.39 is 27.3 Å². The van der Waals surface area contributed by atoms with Crippen molar-refractivity contribution >= 4 is 34.8 Å². The maximum Gasteiger partial charge on any atom is 0.364 e. The van der Waals surface area contributed by atoms with Gasteiger partial charge in [0, 0.05) is 6.54 Å². The number of nitrogens with zero attached hydrogens (tertiary/aromatic N) is 3. The molecule has 0 bridgehead atoms. The second-order valence-electron chi connectivity index (χ2n) is 6.53. The van der Waals surface area contributed by atoms with Gasteiger partial charge in [-0.05, 0) is 50.6 Å². The minimum absolute atomic E-state index is 0.0261. The largest absolute Gasteiger partial charge is 0.487 e. The molecule has 0 unspecified atom stereocenters. The van der Waals surface area contributed by atoms with Gasteiger partial charge < -0.3 is 9.26 Å². The van der Waals surface area contributed by atoms with Crippen molar-refractivity contribution in [1.29, 1.82) is 0 Å². The van der Waals surface area contributed by atoms with E-state index in [9.17, 15) is 18.4 Å². The number of hydrogen-bond acceptors (Lipinski definition) is 5. The SMILES string of the molecule is CCn1c(C(F)(F)Cl)c(Cl)c(=O)n(-c2ccc(OCc3c(C)noc3C)c(Cl)c2)c1=O. The third kappa shape index (κ3) is 4.35. The van der Waals surface area contributed by atoms with Crippen LogP contribution in [0.25, 0.3) is 5.69 Å². The van der Waals surface area contributed by atoms with Crippen molar-refractivity contribution in [3.8, 4) is 11.4 Å². The van der Waals surface area contributed by atoms with Crippen molar-refractivity contribution in [2.75, 3.05) is 0 Å². The van der Waals surface area contributed by atoms with Gasteiger partial charge in [-0.15, -0.1) is 0 Å². The molecule has 7 nitrogen and oxygen atoms in total. The minimum Gasteiger partial charge on any atom is -0.487 e. The van der Waals surface area contributed by atoms with Gasteiger partial charge in [-0.2, -0.15) is 8.78 Å². The minimum atomic E-state index is -4.00. The summed E-state index contributed by atoms with van der Waals surface area (Å²) in [6, 6.07) is 4.12. The molecule has 0 radical (unpaired) electrons. The normalized spacial score (nSPS) is 11.7. The summed E-state index contributed by atoms with van der Waals surface area (Å²) in [5.74, 6) is 0.868. The van der Waals surface area contributed by atoms with Crippen LogP contribution in [0.5, 0.6) is 5.75 Å². The van der Waals surface area contributed by atoms with Gasteiger partial charge in [0.05, 0.1) is 22.0 Å². The number of aryl methyl sites for hydroxylation is 2. The molecular formula is C19H16Cl3F2N3O4. The Labute approximate surface area is 189 Å². The third-order valence-electron chi connectivity index (χ3n) is 4.60. The fraction of sp³-hybridized carbons (Fsp3) is 0.316. The summed E-state index contributed by atoms with van der Waals surface area (Å²) >= 11 is 17.2. The number of hydrogen-bond donors (Lipinski definition) is 0. The summed E-state index contributed by atoms with van der Waals surface area (Å²) < 4.78 is 39.5. The number of ether oxygens (including phenoxy) is 1. The average Bonchev–Trinajstić information content (AvgIpc) is 3.00. The highest BCUT2D eigenvalue weighted by molar-refractivity contribution is 6.33. The van der Waals surface area contributed by atoms with Crippen molar-refractivity contribution in [3.63, 3.8) is 0 Å². The molecule has 0 amide bonds. The lowest BCUT2D eigenvalue weighted by molar-refractivity contribution is 0.0836. The van der Waals surface area contributed by atoms with Crippen LogP contribution in [0.4, 0.5) is 8.78 Å². The van der Waals surface area contributed by atoms with Gasteiger partial charge in [0.15, 0.2) is 0 Å². The van der Waals surface area contributed by atoms with Gasteiger partial charge in [0.1, 0.15) is 28.8 Å². The standard InChI is InChI=1S/C19H16Cl3F2N3O4/c1-4-26-16(19(22,23)24)15(21)17(28)27(18(26)29)11-5-6-14(13(20)7-11)30-8-12-9(2)25-31-10(12)3/h5-7H,4,8H2,1-3H3. The Balaban J connectivity index is 2.04. The molecule has 0 saturated heterocycles. The zero-order valence-electron chi connectivity index (χ0n) is 16.5. The van der Waals surface area contributed by atoms with E-state index in [-0.39, 0.29) is 29.6 Å². The first-order chi connectivity index (χ1) is 14.5. The summed E-state index contributed by atoms with van der Waals surface area (Å²) in [4.78, 5) is 25.4. The molecule has 2 aromatic heterocycles. The Morgan fingerprint density at radius 2 is 1.90 bits per heavy atom. The van der Waals surface area contributed by atoms with Crippen LogP contribution in [0.2, 0.25) is 10.0 Å². The van der Waals surface area contributed by atoms with Crippen molar-refractivity contribution in [2.45, 2.75) is 39.3 Å². The van der Waals surface area contributed by atoms with Gasteiger partial charge in [-0.1, -0.05) is 28.4 Å². The van der Waals surface area contributed by atoms with Gasteiger partial charge in [0.25, 0.3) is 5.56 Å². The van der Waals surface area contributed by atoms with Gasteiger partial charge >= 0.3 is 11.1 Å². The van der Waals surface area contributed by atoms with Gasteiger partial charge in [-0.25, -0.2) is 9.36 Å².